The van der Waals surface area contributed by atoms with Crippen LogP contribution in [0.5, 0.6) is 0 Å². The van der Waals surface area contributed by atoms with Crippen LogP contribution < -0.4 is 5.32 Å². The number of nitrogens with zero attached hydrogens (tertiary/aromatic N) is 1. The molecule has 0 radical (unpaired) electrons. The molecule has 4 rings (SSSR count). The third kappa shape index (κ3) is 4.25. The van der Waals surface area contributed by atoms with Crippen molar-refractivity contribution in [3.05, 3.63) is 17.5 Å². The standard InChI is InChI=1S/C23H36N2O2/c1-23(2)18(14-21(23)24-22(26)17-10-6-7-11-17)13-19-15-20(27-25-19)12-16-8-4-3-5-9-16/h15-18,21H,3-14H2,1-2H3,(H,24,26)/t18-,21+/m1/s1. The van der Waals surface area contributed by atoms with Crippen LogP contribution in [0.2, 0.25) is 0 Å². The van der Waals surface area contributed by atoms with Crippen molar-refractivity contribution in [3.8, 4) is 0 Å². The van der Waals surface area contributed by atoms with Gasteiger partial charge in [0.25, 0.3) is 0 Å². The molecule has 0 aliphatic heterocycles. The molecule has 3 saturated carbocycles. The van der Waals surface area contributed by atoms with Crippen molar-refractivity contribution in [2.45, 2.75) is 96.9 Å². The Labute approximate surface area is 163 Å². The average molecular weight is 373 g/mol. The molecule has 0 spiro atoms. The summed E-state index contributed by atoms with van der Waals surface area (Å²) < 4.78 is 5.64. The summed E-state index contributed by atoms with van der Waals surface area (Å²) in [4.78, 5) is 12.5. The molecule has 4 nitrogen and oxygen atoms in total. The maximum Gasteiger partial charge on any atom is 0.223 e. The summed E-state index contributed by atoms with van der Waals surface area (Å²) in [5.74, 6) is 2.98. The summed E-state index contributed by atoms with van der Waals surface area (Å²) in [5, 5.41) is 7.70. The van der Waals surface area contributed by atoms with Crippen molar-refractivity contribution in [3.63, 3.8) is 0 Å². The van der Waals surface area contributed by atoms with Gasteiger partial charge in [0.2, 0.25) is 5.91 Å². The molecule has 4 heteroatoms. The van der Waals surface area contributed by atoms with E-state index in [4.69, 9.17) is 4.52 Å². The molecule has 0 aromatic carbocycles. The lowest BCUT2D eigenvalue weighted by Crippen LogP contribution is -2.59. The van der Waals surface area contributed by atoms with Crippen LogP contribution in [0.1, 0.15) is 89.5 Å². The van der Waals surface area contributed by atoms with E-state index in [0.29, 0.717) is 17.9 Å². The third-order valence-electron chi connectivity index (χ3n) is 7.79. The smallest absolute Gasteiger partial charge is 0.223 e. The Kier molecular flexibility index (Phi) is 5.61. The highest BCUT2D eigenvalue weighted by atomic mass is 16.5. The maximum atomic E-state index is 12.5. The first-order valence-corrected chi connectivity index (χ1v) is 11.3. The highest BCUT2D eigenvalue weighted by molar-refractivity contribution is 5.79. The van der Waals surface area contributed by atoms with Gasteiger partial charge in [-0.05, 0) is 42.9 Å². The second-order valence-corrected chi connectivity index (χ2v) is 9.99. The van der Waals surface area contributed by atoms with Crippen molar-refractivity contribution >= 4 is 5.91 Å². The third-order valence-corrected chi connectivity index (χ3v) is 7.79. The topological polar surface area (TPSA) is 55.1 Å². The van der Waals surface area contributed by atoms with Crippen LogP contribution in [0.25, 0.3) is 0 Å². The first-order chi connectivity index (χ1) is 13.0. The highest BCUT2D eigenvalue weighted by Crippen LogP contribution is 2.48. The van der Waals surface area contributed by atoms with Gasteiger partial charge in [-0.1, -0.05) is 63.9 Å². The van der Waals surface area contributed by atoms with Crippen molar-refractivity contribution in [2.24, 2.45) is 23.2 Å². The molecule has 1 heterocycles. The van der Waals surface area contributed by atoms with E-state index >= 15 is 0 Å². The molecule has 1 amide bonds. The van der Waals surface area contributed by atoms with Gasteiger partial charge in [-0.3, -0.25) is 4.79 Å². The second kappa shape index (κ2) is 7.97. The zero-order chi connectivity index (χ0) is 18.9. The quantitative estimate of drug-likeness (QED) is 0.759. The number of aromatic nitrogens is 1. The monoisotopic (exact) mass is 372 g/mol. The number of hydrogen-bond acceptors (Lipinski definition) is 3. The minimum Gasteiger partial charge on any atom is -0.361 e. The van der Waals surface area contributed by atoms with Crippen LogP contribution in [-0.2, 0) is 17.6 Å². The number of hydrogen-bond donors (Lipinski definition) is 1. The molecule has 1 N–H and O–H groups in total. The van der Waals surface area contributed by atoms with Gasteiger partial charge < -0.3 is 9.84 Å². The first-order valence-electron chi connectivity index (χ1n) is 11.3. The number of amides is 1. The largest absolute Gasteiger partial charge is 0.361 e. The molecule has 150 valence electrons. The number of carbonyl (C=O) groups excluding carboxylic acids is 1. The predicted molar refractivity (Wildman–Crippen MR) is 106 cm³/mol. The normalized spacial score (nSPS) is 28.8. The molecule has 3 aliphatic rings. The minimum atomic E-state index is 0.136. The lowest BCUT2D eigenvalue weighted by Gasteiger charge is -2.52. The van der Waals surface area contributed by atoms with Crippen LogP contribution >= 0.6 is 0 Å². The molecule has 0 saturated heterocycles. The molecular formula is C23H36N2O2. The summed E-state index contributed by atoms with van der Waals surface area (Å²) in [6.45, 7) is 4.59. The maximum absolute atomic E-state index is 12.5. The first kappa shape index (κ1) is 19.0. The van der Waals surface area contributed by atoms with Crippen LogP contribution in [-0.4, -0.2) is 17.1 Å². The molecule has 3 fully saturated rings. The molecule has 1 aromatic heterocycles. The van der Waals surface area contributed by atoms with Gasteiger partial charge in [-0.2, -0.15) is 0 Å². The number of carbonyl (C=O) groups is 1. The van der Waals surface area contributed by atoms with Crippen LogP contribution in [0.15, 0.2) is 10.6 Å². The van der Waals surface area contributed by atoms with Gasteiger partial charge >= 0.3 is 0 Å². The van der Waals surface area contributed by atoms with Crippen molar-refractivity contribution in [2.75, 3.05) is 0 Å². The lowest BCUT2D eigenvalue weighted by atomic mass is 9.57. The number of rotatable bonds is 6. The Hall–Kier alpha value is -1.32. The van der Waals surface area contributed by atoms with Gasteiger partial charge in [0.05, 0.1) is 5.69 Å². The molecule has 1 aromatic rings. The Morgan fingerprint density at radius 1 is 1.11 bits per heavy atom. The molecule has 2 atom stereocenters. The fourth-order valence-corrected chi connectivity index (χ4v) is 5.56. The summed E-state index contributed by atoms with van der Waals surface area (Å²) in [6, 6.07) is 2.50. The summed E-state index contributed by atoms with van der Waals surface area (Å²) in [5.41, 5.74) is 1.23. The van der Waals surface area contributed by atoms with E-state index in [1.807, 2.05) is 0 Å². The molecule has 0 unspecified atom stereocenters. The van der Waals surface area contributed by atoms with E-state index in [-0.39, 0.29) is 11.3 Å². The Bertz CT molecular complexity index is 639. The van der Waals surface area contributed by atoms with Gasteiger partial charge in [-0.15, -0.1) is 0 Å². The van der Waals surface area contributed by atoms with Gasteiger partial charge in [0, 0.05) is 24.4 Å². The van der Waals surface area contributed by atoms with E-state index < -0.39 is 0 Å². The van der Waals surface area contributed by atoms with Crippen LogP contribution in [0, 0.1) is 23.2 Å². The Morgan fingerprint density at radius 3 is 2.52 bits per heavy atom. The van der Waals surface area contributed by atoms with E-state index in [2.05, 4.69) is 30.4 Å². The predicted octanol–water partition coefficient (Wildman–Crippen LogP) is 5.06. The Balaban J connectivity index is 1.27. The molecule has 27 heavy (non-hydrogen) atoms. The Morgan fingerprint density at radius 2 is 1.81 bits per heavy atom. The summed E-state index contributed by atoms with van der Waals surface area (Å²) in [6.07, 6.45) is 14.5. The summed E-state index contributed by atoms with van der Waals surface area (Å²) >= 11 is 0. The fourth-order valence-electron chi connectivity index (χ4n) is 5.56. The number of nitrogens with one attached hydrogen (secondary N) is 1. The van der Waals surface area contributed by atoms with E-state index in [9.17, 15) is 4.79 Å². The molecular weight excluding hydrogens is 336 g/mol. The van der Waals surface area contributed by atoms with E-state index in [1.165, 1.54) is 44.9 Å². The van der Waals surface area contributed by atoms with Gasteiger partial charge in [-0.25, -0.2) is 0 Å². The molecule has 0 bridgehead atoms. The zero-order valence-electron chi connectivity index (χ0n) is 17.1. The highest BCUT2D eigenvalue weighted by Gasteiger charge is 2.49. The second-order valence-electron chi connectivity index (χ2n) is 9.99. The van der Waals surface area contributed by atoms with Gasteiger partial charge in [0.1, 0.15) is 5.76 Å². The van der Waals surface area contributed by atoms with E-state index in [0.717, 1.165) is 49.5 Å². The van der Waals surface area contributed by atoms with Crippen LogP contribution in [0.3, 0.4) is 0 Å². The van der Waals surface area contributed by atoms with Crippen molar-refractivity contribution < 1.29 is 9.32 Å². The lowest BCUT2D eigenvalue weighted by molar-refractivity contribution is -0.129. The average Bonchev–Trinajstić information content (AvgIpc) is 3.34. The SMILES string of the molecule is CC1(C)[C@H](Cc2cc(CC3CCCCC3)on2)C[C@@H]1NC(=O)C1CCCC1. The fraction of sp³-hybridized carbons (Fsp3) is 0.826. The van der Waals surface area contributed by atoms with Gasteiger partial charge in [0.15, 0.2) is 0 Å². The molecule has 3 aliphatic carbocycles. The van der Waals surface area contributed by atoms with Crippen LogP contribution in [0.4, 0.5) is 0 Å². The van der Waals surface area contributed by atoms with E-state index in [1.54, 1.807) is 0 Å². The summed E-state index contributed by atoms with van der Waals surface area (Å²) in [7, 11) is 0. The minimum absolute atomic E-state index is 0.136. The zero-order valence-corrected chi connectivity index (χ0v) is 17.1. The van der Waals surface area contributed by atoms with Crippen molar-refractivity contribution in [1.29, 1.82) is 0 Å². The van der Waals surface area contributed by atoms with Crippen molar-refractivity contribution in [1.82, 2.24) is 10.5 Å².